The molecule has 5 nitrogen and oxygen atoms in total. The molecule has 0 saturated carbocycles. The molecular weight excluding hydrogens is 366 g/mol. The number of aliphatic hydroxyl groups is 1. The van der Waals surface area contributed by atoms with E-state index < -0.39 is 6.10 Å². The average Bonchev–Trinajstić information content (AvgIpc) is 3.22. The summed E-state index contributed by atoms with van der Waals surface area (Å²) in [7, 11) is 1.66. The first kappa shape index (κ1) is 21.0. The van der Waals surface area contributed by atoms with Crippen LogP contribution >= 0.6 is 0 Å². The summed E-state index contributed by atoms with van der Waals surface area (Å²) in [5, 5.41) is 10.6. The van der Waals surface area contributed by atoms with Gasteiger partial charge in [-0.1, -0.05) is 18.2 Å². The van der Waals surface area contributed by atoms with Gasteiger partial charge >= 0.3 is 0 Å². The number of aliphatic hydroxyl groups excluding tert-OH is 1. The largest absolute Gasteiger partial charge is 0.497 e. The molecule has 0 amide bonds. The number of ether oxygens (including phenoxy) is 2. The van der Waals surface area contributed by atoms with Gasteiger partial charge in [0.05, 0.1) is 19.9 Å². The Labute approximate surface area is 172 Å². The van der Waals surface area contributed by atoms with Crippen LogP contribution in [-0.2, 0) is 13.1 Å². The molecular formula is C24H29NO4. The van der Waals surface area contributed by atoms with Gasteiger partial charge in [-0.2, -0.15) is 0 Å². The van der Waals surface area contributed by atoms with E-state index in [1.165, 1.54) is 11.1 Å². The zero-order chi connectivity index (χ0) is 20.6. The lowest BCUT2D eigenvalue weighted by molar-refractivity contribution is 0.0604. The number of aryl methyl sites for hydroxylation is 2. The number of hydrogen-bond acceptors (Lipinski definition) is 5. The Balaban J connectivity index is 1.62. The van der Waals surface area contributed by atoms with Gasteiger partial charge in [0.15, 0.2) is 0 Å². The van der Waals surface area contributed by atoms with Gasteiger partial charge in [0.2, 0.25) is 0 Å². The molecule has 0 saturated heterocycles. The Bertz CT molecular complexity index is 892. The van der Waals surface area contributed by atoms with E-state index in [1.807, 2.05) is 48.5 Å². The second-order valence-corrected chi connectivity index (χ2v) is 7.31. The van der Waals surface area contributed by atoms with E-state index in [0.717, 1.165) is 22.8 Å². The van der Waals surface area contributed by atoms with E-state index in [-0.39, 0.29) is 6.61 Å². The molecule has 3 aromatic rings. The van der Waals surface area contributed by atoms with Crippen LogP contribution in [0.25, 0.3) is 0 Å². The van der Waals surface area contributed by atoms with Crippen molar-refractivity contribution >= 4 is 0 Å². The highest BCUT2D eigenvalue weighted by Gasteiger charge is 2.15. The van der Waals surface area contributed by atoms with Gasteiger partial charge in [0.1, 0.15) is 30.0 Å². The molecule has 3 rings (SSSR count). The quantitative estimate of drug-likeness (QED) is 0.553. The van der Waals surface area contributed by atoms with Crippen LogP contribution in [0.2, 0.25) is 0 Å². The number of furan rings is 1. The summed E-state index contributed by atoms with van der Waals surface area (Å²) in [5.41, 5.74) is 3.51. The molecule has 154 valence electrons. The standard InChI is InChI=1S/C24H29NO4/c1-18-9-10-23(12-19(18)2)29-17-21(26)15-25(16-24-8-5-11-28-24)14-20-6-4-7-22(13-20)27-3/h4-13,21,26H,14-17H2,1-3H3. The Hall–Kier alpha value is -2.76. The Morgan fingerprint density at radius 2 is 1.83 bits per heavy atom. The molecule has 29 heavy (non-hydrogen) atoms. The van der Waals surface area contributed by atoms with Crippen LogP contribution < -0.4 is 9.47 Å². The second kappa shape index (κ2) is 10.1. The molecule has 1 unspecified atom stereocenters. The molecule has 1 heterocycles. The van der Waals surface area contributed by atoms with Crippen molar-refractivity contribution in [3.63, 3.8) is 0 Å². The van der Waals surface area contributed by atoms with E-state index >= 15 is 0 Å². The smallest absolute Gasteiger partial charge is 0.119 e. The van der Waals surface area contributed by atoms with Gasteiger partial charge in [0, 0.05) is 13.1 Å². The Kier molecular flexibility index (Phi) is 7.33. The fraction of sp³-hybridized carbons (Fsp3) is 0.333. The third-order valence-electron chi connectivity index (χ3n) is 4.89. The Morgan fingerprint density at radius 3 is 2.55 bits per heavy atom. The first-order valence-electron chi connectivity index (χ1n) is 9.79. The van der Waals surface area contributed by atoms with Crippen LogP contribution in [0.5, 0.6) is 11.5 Å². The van der Waals surface area contributed by atoms with Crippen molar-refractivity contribution in [2.24, 2.45) is 0 Å². The maximum Gasteiger partial charge on any atom is 0.119 e. The highest BCUT2D eigenvalue weighted by atomic mass is 16.5. The van der Waals surface area contributed by atoms with E-state index in [4.69, 9.17) is 13.9 Å². The molecule has 0 aliphatic heterocycles. The molecule has 1 N–H and O–H groups in total. The second-order valence-electron chi connectivity index (χ2n) is 7.31. The van der Waals surface area contributed by atoms with Crippen molar-refractivity contribution < 1.29 is 19.0 Å². The molecule has 0 radical (unpaired) electrons. The number of rotatable bonds is 10. The summed E-state index contributed by atoms with van der Waals surface area (Å²) in [6.07, 6.45) is 1.04. The number of hydrogen-bond donors (Lipinski definition) is 1. The summed E-state index contributed by atoms with van der Waals surface area (Å²) < 4.78 is 16.6. The number of benzene rings is 2. The van der Waals surface area contributed by atoms with Crippen molar-refractivity contribution in [2.75, 3.05) is 20.3 Å². The summed E-state index contributed by atoms with van der Waals surface area (Å²) >= 11 is 0. The summed E-state index contributed by atoms with van der Waals surface area (Å²) in [5.74, 6) is 2.45. The molecule has 1 aromatic heterocycles. The predicted molar refractivity (Wildman–Crippen MR) is 113 cm³/mol. The first-order valence-corrected chi connectivity index (χ1v) is 9.79. The maximum absolute atomic E-state index is 10.6. The van der Waals surface area contributed by atoms with Crippen LogP contribution in [0.3, 0.4) is 0 Å². The molecule has 2 aromatic carbocycles. The average molecular weight is 395 g/mol. The van der Waals surface area contributed by atoms with Crippen molar-refractivity contribution in [1.82, 2.24) is 4.90 Å². The van der Waals surface area contributed by atoms with Crippen LogP contribution in [0.15, 0.2) is 65.3 Å². The molecule has 0 bridgehead atoms. The number of methoxy groups -OCH3 is 1. The monoisotopic (exact) mass is 395 g/mol. The fourth-order valence-electron chi connectivity index (χ4n) is 3.18. The van der Waals surface area contributed by atoms with Crippen LogP contribution in [0, 0.1) is 13.8 Å². The van der Waals surface area contributed by atoms with E-state index in [0.29, 0.717) is 19.6 Å². The van der Waals surface area contributed by atoms with Gasteiger partial charge < -0.3 is 19.0 Å². The summed E-state index contributed by atoms with van der Waals surface area (Å²) in [6.45, 7) is 6.08. The lowest BCUT2D eigenvalue weighted by Gasteiger charge is -2.24. The van der Waals surface area contributed by atoms with E-state index in [9.17, 15) is 5.11 Å². The van der Waals surface area contributed by atoms with Crippen molar-refractivity contribution in [1.29, 1.82) is 0 Å². The fourth-order valence-corrected chi connectivity index (χ4v) is 3.18. The van der Waals surface area contributed by atoms with Gasteiger partial charge in [-0.15, -0.1) is 0 Å². The van der Waals surface area contributed by atoms with Crippen molar-refractivity contribution in [2.45, 2.75) is 33.0 Å². The minimum absolute atomic E-state index is 0.231. The SMILES string of the molecule is COc1cccc(CN(Cc2ccco2)CC(O)COc2ccc(C)c(C)c2)c1. The van der Waals surface area contributed by atoms with Gasteiger partial charge in [-0.25, -0.2) is 0 Å². The van der Waals surface area contributed by atoms with Crippen LogP contribution in [-0.4, -0.2) is 36.4 Å². The van der Waals surface area contributed by atoms with Crippen LogP contribution in [0.1, 0.15) is 22.5 Å². The number of nitrogens with zero attached hydrogens (tertiary/aromatic N) is 1. The third kappa shape index (κ3) is 6.38. The molecule has 0 aliphatic rings. The lowest BCUT2D eigenvalue weighted by Crippen LogP contribution is -2.35. The highest BCUT2D eigenvalue weighted by Crippen LogP contribution is 2.18. The molecule has 0 fully saturated rings. The normalized spacial score (nSPS) is 12.2. The van der Waals surface area contributed by atoms with Gasteiger partial charge in [-0.05, 0) is 66.9 Å². The van der Waals surface area contributed by atoms with Crippen molar-refractivity contribution in [3.05, 3.63) is 83.3 Å². The van der Waals surface area contributed by atoms with Crippen molar-refractivity contribution in [3.8, 4) is 11.5 Å². The third-order valence-corrected chi connectivity index (χ3v) is 4.89. The zero-order valence-electron chi connectivity index (χ0n) is 17.3. The molecule has 5 heteroatoms. The minimum Gasteiger partial charge on any atom is -0.497 e. The highest BCUT2D eigenvalue weighted by molar-refractivity contribution is 5.33. The zero-order valence-corrected chi connectivity index (χ0v) is 17.3. The Morgan fingerprint density at radius 1 is 0.966 bits per heavy atom. The van der Waals surface area contributed by atoms with E-state index in [1.54, 1.807) is 13.4 Å². The summed E-state index contributed by atoms with van der Waals surface area (Å²) in [6, 6.07) is 17.7. The van der Waals surface area contributed by atoms with E-state index in [2.05, 4.69) is 24.8 Å². The topological polar surface area (TPSA) is 55.1 Å². The first-order chi connectivity index (χ1) is 14.0. The van der Waals surface area contributed by atoms with Gasteiger partial charge in [-0.3, -0.25) is 4.90 Å². The maximum atomic E-state index is 10.6. The molecule has 1 atom stereocenters. The van der Waals surface area contributed by atoms with Gasteiger partial charge in [0.25, 0.3) is 0 Å². The molecule has 0 aliphatic carbocycles. The lowest BCUT2D eigenvalue weighted by atomic mass is 10.1. The summed E-state index contributed by atoms with van der Waals surface area (Å²) in [4.78, 5) is 2.14. The minimum atomic E-state index is -0.628. The van der Waals surface area contributed by atoms with Crippen LogP contribution in [0.4, 0.5) is 0 Å². The predicted octanol–water partition coefficient (Wildman–Crippen LogP) is 4.35. The molecule has 0 spiro atoms.